The van der Waals surface area contributed by atoms with Gasteiger partial charge in [0.1, 0.15) is 12.1 Å². The third-order valence-corrected chi connectivity index (χ3v) is 2.68. The van der Waals surface area contributed by atoms with Gasteiger partial charge in [0, 0.05) is 19.8 Å². The van der Waals surface area contributed by atoms with E-state index < -0.39 is 6.04 Å². The van der Waals surface area contributed by atoms with Crippen molar-refractivity contribution < 1.29 is 4.79 Å². The number of carbonyl (C=O) groups excluding carboxylic acids is 1. The Morgan fingerprint density at radius 1 is 1.72 bits per heavy atom. The van der Waals surface area contributed by atoms with Gasteiger partial charge in [-0.15, -0.1) is 0 Å². The fourth-order valence-corrected chi connectivity index (χ4v) is 1.44. The molecule has 1 rings (SSSR count). The van der Waals surface area contributed by atoms with Gasteiger partial charge in [0.2, 0.25) is 5.91 Å². The summed E-state index contributed by atoms with van der Waals surface area (Å²) in [5, 5.41) is 11.8. The monoisotopic (exact) mass is 247 g/mol. The third-order valence-electron chi connectivity index (χ3n) is 2.68. The molecule has 0 saturated carbocycles. The van der Waals surface area contributed by atoms with Crippen LogP contribution in [0.3, 0.4) is 0 Å². The van der Waals surface area contributed by atoms with Crippen molar-refractivity contribution in [1.29, 1.82) is 5.26 Å². The molecule has 1 aromatic rings. The second-order valence-electron chi connectivity index (χ2n) is 3.95. The summed E-state index contributed by atoms with van der Waals surface area (Å²) in [6.07, 6.45) is 1.48. The molecule has 1 amide bonds. The van der Waals surface area contributed by atoms with Crippen LogP contribution in [0.5, 0.6) is 0 Å². The maximum Gasteiger partial charge on any atom is 0.244 e. The number of nitrogen functional groups attached to an aromatic ring is 1. The van der Waals surface area contributed by atoms with Crippen LogP contribution in [0, 0.1) is 11.3 Å². The van der Waals surface area contributed by atoms with Crippen LogP contribution in [0.1, 0.15) is 19.4 Å². The first-order valence-electron chi connectivity index (χ1n) is 5.67. The Hall–Kier alpha value is -2.29. The van der Waals surface area contributed by atoms with Crippen molar-refractivity contribution in [2.75, 3.05) is 24.6 Å². The first-order chi connectivity index (χ1) is 8.51. The van der Waals surface area contributed by atoms with Gasteiger partial charge in [-0.25, -0.2) is 4.98 Å². The van der Waals surface area contributed by atoms with E-state index in [1.165, 1.54) is 12.3 Å². The lowest BCUT2D eigenvalue weighted by Gasteiger charge is -2.21. The molecule has 0 fully saturated rings. The maximum absolute atomic E-state index is 11.9. The number of pyridine rings is 1. The quantitative estimate of drug-likeness (QED) is 0.821. The van der Waals surface area contributed by atoms with Crippen molar-refractivity contribution in [1.82, 2.24) is 9.88 Å². The number of nitrogens with zero attached hydrogens (tertiary/aromatic N) is 3. The zero-order chi connectivity index (χ0) is 13.7. The minimum absolute atomic E-state index is 0.0546. The Kier molecular flexibility index (Phi) is 4.49. The van der Waals surface area contributed by atoms with E-state index in [1.807, 2.05) is 13.0 Å². The van der Waals surface area contributed by atoms with Crippen molar-refractivity contribution in [2.45, 2.75) is 19.9 Å². The lowest BCUT2D eigenvalue weighted by Crippen LogP contribution is -2.39. The average molecular weight is 247 g/mol. The normalized spacial score (nSPS) is 11.4. The van der Waals surface area contributed by atoms with E-state index in [4.69, 9.17) is 11.0 Å². The predicted molar refractivity (Wildman–Crippen MR) is 69.8 cm³/mol. The van der Waals surface area contributed by atoms with Crippen LogP contribution >= 0.6 is 0 Å². The molecule has 0 radical (unpaired) electrons. The van der Waals surface area contributed by atoms with Crippen LogP contribution in [0.2, 0.25) is 0 Å². The molecule has 1 atom stereocenters. The SMILES string of the molecule is CCN(C)C(=O)C(C)Nc1nccc(C#N)c1N. The number of hydrogen-bond acceptors (Lipinski definition) is 5. The number of aromatic nitrogens is 1. The molecular formula is C12H17N5O. The summed E-state index contributed by atoms with van der Waals surface area (Å²) in [5.74, 6) is 0.306. The molecule has 6 heteroatoms. The maximum atomic E-state index is 11.9. The van der Waals surface area contributed by atoms with Crippen molar-refractivity contribution in [3.8, 4) is 6.07 Å². The van der Waals surface area contributed by atoms with Crippen molar-refractivity contribution in [3.63, 3.8) is 0 Å². The van der Waals surface area contributed by atoms with E-state index in [9.17, 15) is 4.79 Å². The van der Waals surface area contributed by atoms with Gasteiger partial charge in [-0.05, 0) is 19.9 Å². The Labute approximate surface area is 106 Å². The minimum atomic E-state index is -0.446. The van der Waals surface area contributed by atoms with Crippen LogP contribution in [0.15, 0.2) is 12.3 Å². The van der Waals surface area contributed by atoms with Gasteiger partial charge in [0.25, 0.3) is 0 Å². The van der Waals surface area contributed by atoms with Crippen molar-refractivity contribution >= 4 is 17.4 Å². The van der Waals surface area contributed by atoms with E-state index in [-0.39, 0.29) is 11.6 Å². The Balaban J connectivity index is 2.86. The molecule has 0 bridgehead atoms. The molecular weight excluding hydrogens is 230 g/mol. The molecule has 0 saturated heterocycles. The third kappa shape index (κ3) is 2.88. The predicted octanol–water partition coefficient (Wildman–Crippen LogP) is 0.814. The Morgan fingerprint density at radius 3 is 2.94 bits per heavy atom. The van der Waals surface area contributed by atoms with Crippen LogP contribution < -0.4 is 11.1 Å². The summed E-state index contributed by atoms with van der Waals surface area (Å²) in [5.41, 5.74) is 6.38. The molecule has 0 aliphatic heterocycles. The van der Waals surface area contributed by atoms with Gasteiger partial charge in [-0.1, -0.05) is 0 Å². The molecule has 3 N–H and O–H groups in total. The molecule has 18 heavy (non-hydrogen) atoms. The molecule has 0 aliphatic carbocycles. The number of nitrogens with two attached hydrogens (primary N) is 1. The molecule has 1 unspecified atom stereocenters. The number of amides is 1. The van der Waals surface area contributed by atoms with Crippen LogP contribution in [0.25, 0.3) is 0 Å². The number of anilines is 2. The van der Waals surface area contributed by atoms with Crippen LogP contribution in [-0.4, -0.2) is 35.4 Å². The van der Waals surface area contributed by atoms with Gasteiger partial charge < -0.3 is 16.0 Å². The summed E-state index contributed by atoms with van der Waals surface area (Å²) >= 11 is 0. The Bertz CT molecular complexity index is 480. The number of nitriles is 1. The van der Waals surface area contributed by atoms with E-state index in [0.29, 0.717) is 17.9 Å². The molecule has 6 nitrogen and oxygen atoms in total. The highest BCUT2D eigenvalue weighted by Gasteiger charge is 2.18. The summed E-state index contributed by atoms with van der Waals surface area (Å²) in [7, 11) is 1.73. The lowest BCUT2D eigenvalue weighted by atomic mass is 10.2. The number of rotatable bonds is 4. The zero-order valence-corrected chi connectivity index (χ0v) is 10.8. The topological polar surface area (TPSA) is 95.0 Å². The zero-order valence-electron chi connectivity index (χ0n) is 10.8. The van der Waals surface area contributed by atoms with Crippen LogP contribution in [-0.2, 0) is 4.79 Å². The van der Waals surface area contributed by atoms with E-state index >= 15 is 0 Å². The minimum Gasteiger partial charge on any atom is -0.395 e. The smallest absolute Gasteiger partial charge is 0.244 e. The highest BCUT2D eigenvalue weighted by atomic mass is 16.2. The number of nitrogens with one attached hydrogen (secondary N) is 1. The number of carbonyl (C=O) groups is 1. The Morgan fingerprint density at radius 2 is 2.39 bits per heavy atom. The summed E-state index contributed by atoms with van der Waals surface area (Å²) in [6.45, 7) is 4.26. The van der Waals surface area contributed by atoms with Crippen molar-refractivity contribution in [3.05, 3.63) is 17.8 Å². The fraction of sp³-hybridized carbons (Fsp3) is 0.417. The van der Waals surface area contributed by atoms with Crippen LogP contribution in [0.4, 0.5) is 11.5 Å². The molecule has 1 aromatic heterocycles. The second kappa shape index (κ2) is 5.87. The largest absolute Gasteiger partial charge is 0.395 e. The van der Waals surface area contributed by atoms with Gasteiger partial charge in [0.05, 0.1) is 11.3 Å². The van der Waals surface area contributed by atoms with Gasteiger partial charge in [0.15, 0.2) is 5.82 Å². The van der Waals surface area contributed by atoms with E-state index in [1.54, 1.807) is 18.9 Å². The van der Waals surface area contributed by atoms with Crippen molar-refractivity contribution in [2.24, 2.45) is 0 Å². The number of hydrogen-bond donors (Lipinski definition) is 2. The molecule has 1 heterocycles. The van der Waals surface area contributed by atoms with E-state index in [0.717, 1.165) is 0 Å². The molecule has 96 valence electrons. The fourth-order valence-electron chi connectivity index (χ4n) is 1.44. The van der Waals surface area contributed by atoms with Gasteiger partial charge in [-0.2, -0.15) is 5.26 Å². The highest BCUT2D eigenvalue weighted by Crippen LogP contribution is 2.19. The average Bonchev–Trinajstić information content (AvgIpc) is 2.39. The molecule has 0 aromatic carbocycles. The standard InChI is InChI=1S/C12H17N5O/c1-4-17(3)12(18)8(2)16-11-10(14)9(7-13)5-6-15-11/h5-6,8H,4,14H2,1-3H3,(H,15,16). The number of likely N-dealkylation sites (N-methyl/N-ethyl adjacent to an activating group) is 1. The first-order valence-corrected chi connectivity index (χ1v) is 5.67. The summed E-state index contributed by atoms with van der Waals surface area (Å²) in [6, 6.07) is 3.06. The van der Waals surface area contributed by atoms with Gasteiger partial charge >= 0.3 is 0 Å². The summed E-state index contributed by atoms with van der Waals surface area (Å²) in [4.78, 5) is 17.5. The summed E-state index contributed by atoms with van der Waals surface area (Å²) < 4.78 is 0. The second-order valence-corrected chi connectivity index (χ2v) is 3.95. The molecule has 0 spiro atoms. The van der Waals surface area contributed by atoms with E-state index in [2.05, 4.69) is 10.3 Å². The lowest BCUT2D eigenvalue weighted by molar-refractivity contribution is -0.130. The first kappa shape index (κ1) is 13.8. The molecule has 0 aliphatic rings. The highest BCUT2D eigenvalue weighted by molar-refractivity contribution is 5.85. The van der Waals surface area contributed by atoms with Gasteiger partial charge in [-0.3, -0.25) is 4.79 Å².